The summed E-state index contributed by atoms with van der Waals surface area (Å²) in [6, 6.07) is 1.21. The molecule has 7 heteroatoms. The molecule has 0 atom stereocenters. The minimum absolute atomic E-state index is 0.394. The fourth-order valence-corrected chi connectivity index (χ4v) is 5.31. The summed E-state index contributed by atoms with van der Waals surface area (Å²) in [4.78, 5) is 0. The van der Waals surface area contributed by atoms with Crippen LogP contribution in [-0.4, -0.2) is 37.3 Å². The van der Waals surface area contributed by atoms with Crippen molar-refractivity contribution in [2.75, 3.05) is 4.43 Å². The zero-order chi connectivity index (χ0) is 13.5. The van der Waals surface area contributed by atoms with Gasteiger partial charge in [-0.05, 0) is 56.2 Å². The van der Waals surface area contributed by atoms with Crippen LogP contribution in [0.15, 0.2) is 0 Å². The molecule has 0 saturated heterocycles. The maximum atomic E-state index is 5.96. The highest BCUT2D eigenvalue weighted by Gasteiger charge is 2.27. The highest BCUT2D eigenvalue weighted by molar-refractivity contribution is 14.1. The van der Waals surface area contributed by atoms with Crippen LogP contribution in [0.25, 0.3) is 0 Å². The Morgan fingerprint density at radius 1 is 1.00 bits per heavy atom. The lowest BCUT2D eigenvalue weighted by molar-refractivity contribution is -0.152. The molecular formula is C10H27IO3Si3. The molecule has 0 bridgehead atoms. The van der Waals surface area contributed by atoms with Gasteiger partial charge in [0.05, 0.1) is 0 Å². The second-order valence-corrected chi connectivity index (χ2v) is 17.5. The van der Waals surface area contributed by atoms with Crippen molar-refractivity contribution in [2.45, 2.75) is 58.2 Å². The first-order valence-electron chi connectivity index (χ1n) is 6.17. The molecule has 0 aromatic carbocycles. The van der Waals surface area contributed by atoms with Gasteiger partial charge in [0, 0.05) is 0 Å². The largest absolute Gasteiger partial charge is 0.380 e. The zero-order valence-electron chi connectivity index (χ0n) is 12.0. The van der Waals surface area contributed by atoms with E-state index in [1.807, 2.05) is 0 Å². The summed E-state index contributed by atoms with van der Waals surface area (Å²) >= 11 is 2.41. The molecule has 17 heavy (non-hydrogen) atoms. The van der Waals surface area contributed by atoms with Gasteiger partial charge in [0.2, 0.25) is 6.48 Å². The van der Waals surface area contributed by atoms with Crippen molar-refractivity contribution in [1.82, 2.24) is 0 Å². The molecule has 3 nitrogen and oxygen atoms in total. The Kier molecular flexibility index (Phi) is 9.06. The van der Waals surface area contributed by atoms with Crippen molar-refractivity contribution < 1.29 is 13.3 Å². The Hall–Kier alpha value is 1.26. The number of rotatable bonds is 9. The molecule has 0 aliphatic carbocycles. The topological polar surface area (TPSA) is 27.7 Å². The summed E-state index contributed by atoms with van der Waals surface area (Å²) in [5, 5.41) is 0. The average molecular weight is 406 g/mol. The molecule has 0 radical (unpaired) electrons. The van der Waals surface area contributed by atoms with Gasteiger partial charge in [-0.2, -0.15) is 0 Å². The van der Waals surface area contributed by atoms with Gasteiger partial charge in [0.1, 0.15) is 0 Å². The van der Waals surface area contributed by atoms with E-state index < -0.39 is 32.9 Å². The van der Waals surface area contributed by atoms with Crippen LogP contribution in [-0.2, 0) is 13.3 Å². The van der Waals surface area contributed by atoms with Crippen LogP contribution in [0.4, 0.5) is 0 Å². The molecule has 104 valence electrons. The normalized spacial score (nSPS) is 14.1. The Labute approximate surface area is 124 Å². The number of hydrogen-bond acceptors (Lipinski definition) is 3. The minimum Gasteiger partial charge on any atom is -0.380 e. The highest BCUT2D eigenvalue weighted by Crippen LogP contribution is 2.15. The smallest absolute Gasteiger partial charge is 0.242 e. The van der Waals surface area contributed by atoms with E-state index in [2.05, 4.69) is 61.9 Å². The quantitative estimate of drug-likeness (QED) is 0.193. The van der Waals surface area contributed by atoms with Gasteiger partial charge < -0.3 is 13.3 Å². The highest BCUT2D eigenvalue weighted by atomic mass is 127. The lowest BCUT2D eigenvalue weighted by Gasteiger charge is -2.31. The van der Waals surface area contributed by atoms with E-state index in [1.54, 1.807) is 0 Å². The van der Waals surface area contributed by atoms with Crippen LogP contribution in [0, 0.1) is 0 Å². The number of hydrogen-bond donors (Lipinski definition) is 0. The maximum absolute atomic E-state index is 5.96. The fourth-order valence-electron chi connectivity index (χ4n) is 1.05. The third-order valence-corrected chi connectivity index (χ3v) is 5.54. The van der Waals surface area contributed by atoms with E-state index in [4.69, 9.17) is 13.3 Å². The predicted octanol–water partition coefficient (Wildman–Crippen LogP) is 3.32. The molecule has 0 spiro atoms. The number of alkyl halides is 1. The summed E-state index contributed by atoms with van der Waals surface area (Å²) in [6.07, 6.45) is 1.25. The van der Waals surface area contributed by atoms with Gasteiger partial charge in [-0.3, -0.25) is 0 Å². The first-order valence-corrected chi connectivity index (χ1v) is 16.1. The van der Waals surface area contributed by atoms with E-state index in [-0.39, 0.29) is 0 Å². The van der Waals surface area contributed by atoms with Gasteiger partial charge in [-0.25, -0.2) is 0 Å². The van der Waals surface area contributed by atoms with E-state index in [9.17, 15) is 0 Å². The van der Waals surface area contributed by atoms with Crippen LogP contribution in [0.5, 0.6) is 0 Å². The van der Waals surface area contributed by atoms with E-state index >= 15 is 0 Å². The van der Waals surface area contributed by atoms with Crippen molar-refractivity contribution in [2.24, 2.45) is 0 Å². The Balaban J connectivity index is 4.12. The van der Waals surface area contributed by atoms with Crippen LogP contribution < -0.4 is 0 Å². The first kappa shape index (κ1) is 18.3. The molecule has 0 aromatic rings. The molecule has 0 amide bonds. The summed E-state index contributed by atoms with van der Waals surface area (Å²) in [6.45, 7) is 12.6. The standard InChI is InChI=1S/C10H27IO3Si3/c1-16(2,3)13-10(14-17(4,5)6)12-15-9-7-8-11/h10H,7-9,15H2,1-6H3. The van der Waals surface area contributed by atoms with Crippen molar-refractivity contribution in [1.29, 1.82) is 0 Å². The lowest BCUT2D eigenvalue weighted by atomic mass is 10.6. The van der Waals surface area contributed by atoms with Gasteiger partial charge >= 0.3 is 0 Å². The van der Waals surface area contributed by atoms with Gasteiger partial charge in [-0.15, -0.1) is 0 Å². The maximum Gasteiger partial charge on any atom is 0.242 e. The predicted molar refractivity (Wildman–Crippen MR) is 90.6 cm³/mol. The summed E-state index contributed by atoms with van der Waals surface area (Å²) in [5.74, 6) is 0. The molecule has 0 N–H and O–H groups in total. The second-order valence-electron chi connectivity index (χ2n) is 6.02. The molecule has 0 fully saturated rings. The minimum atomic E-state index is -1.60. The molecule has 0 aromatic heterocycles. The fraction of sp³-hybridized carbons (Fsp3) is 1.00. The van der Waals surface area contributed by atoms with Crippen LogP contribution >= 0.6 is 22.6 Å². The summed E-state index contributed by atoms with van der Waals surface area (Å²) in [7, 11) is -3.69. The zero-order valence-corrected chi connectivity index (χ0v) is 17.6. The average Bonchev–Trinajstić information content (AvgIpc) is 2.06. The third-order valence-electron chi connectivity index (χ3n) is 1.68. The second kappa shape index (κ2) is 8.44. The number of halogens is 1. The van der Waals surface area contributed by atoms with Gasteiger partial charge in [0.15, 0.2) is 26.4 Å². The Bertz CT molecular complexity index is 188. The SMILES string of the molecule is C[Si](C)(C)OC(O[SiH2]CCCI)O[Si](C)(C)C. The van der Waals surface area contributed by atoms with Gasteiger partial charge in [0.25, 0.3) is 0 Å². The van der Waals surface area contributed by atoms with Crippen molar-refractivity contribution in [3.05, 3.63) is 0 Å². The van der Waals surface area contributed by atoms with E-state index in [0.29, 0.717) is 0 Å². The molecule has 0 aliphatic rings. The third kappa shape index (κ3) is 13.5. The van der Waals surface area contributed by atoms with Crippen LogP contribution in [0.1, 0.15) is 6.42 Å². The van der Waals surface area contributed by atoms with E-state index in [0.717, 1.165) is 0 Å². The summed E-state index contributed by atoms with van der Waals surface area (Å²) in [5.41, 5.74) is 0. The Morgan fingerprint density at radius 3 is 1.82 bits per heavy atom. The molecule has 0 aliphatic heterocycles. The van der Waals surface area contributed by atoms with E-state index in [1.165, 1.54) is 16.9 Å². The molecule has 0 rings (SSSR count). The molecular weight excluding hydrogens is 379 g/mol. The van der Waals surface area contributed by atoms with Crippen LogP contribution in [0.3, 0.4) is 0 Å². The van der Waals surface area contributed by atoms with Gasteiger partial charge in [-0.1, -0.05) is 22.6 Å². The monoisotopic (exact) mass is 406 g/mol. The Morgan fingerprint density at radius 2 is 1.47 bits per heavy atom. The van der Waals surface area contributed by atoms with Crippen molar-refractivity contribution in [3.8, 4) is 0 Å². The first-order chi connectivity index (χ1) is 7.64. The lowest BCUT2D eigenvalue weighted by Crippen LogP contribution is -2.41. The summed E-state index contributed by atoms with van der Waals surface area (Å²) < 4.78 is 19.0. The molecule has 0 saturated carbocycles. The van der Waals surface area contributed by atoms with Crippen molar-refractivity contribution >= 4 is 49.0 Å². The van der Waals surface area contributed by atoms with Crippen LogP contribution in [0.2, 0.25) is 45.3 Å². The van der Waals surface area contributed by atoms with Crippen molar-refractivity contribution in [3.63, 3.8) is 0 Å². The molecule has 0 unspecified atom stereocenters. The molecule has 0 heterocycles.